The number of nitrogens with two attached hydrogens (primary N) is 1. The molecule has 12 heteroatoms. The van der Waals surface area contributed by atoms with E-state index in [2.05, 4.69) is 6.07 Å². The molecule has 2 N–H and O–H groups in total. The van der Waals surface area contributed by atoms with Crippen molar-refractivity contribution in [2.24, 2.45) is 11.1 Å². The Balaban J connectivity index is 1.99. The first-order chi connectivity index (χ1) is 15.9. The third-order valence-corrected chi connectivity index (χ3v) is 7.25. The molecule has 4 rings (SSSR count). The molecule has 2 aliphatic rings. The van der Waals surface area contributed by atoms with Crippen molar-refractivity contribution in [3.8, 4) is 6.07 Å². The van der Waals surface area contributed by atoms with Gasteiger partial charge in [0, 0.05) is 40.8 Å². The van der Waals surface area contributed by atoms with E-state index in [-0.39, 0.29) is 39.3 Å². The number of halogens is 1. The first kappa shape index (κ1) is 23.4. The van der Waals surface area contributed by atoms with Crippen molar-refractivity contribution in [2.45, 2.75) is 32.6 Å². The number of nitro benzene ring substituents is 1. The highest BCUT2D eigenvalue weighted by Gasteiger charge is 2.45. The van der Waals surface area contributed by atoms with E-state index >= 15 is 0 Å². The van der Waals surface area contributed by atoms with Crippen molar-refractivity contribution >= 4 is 45.1 Å². The van der Waals surface area contributed by atoms with E-state index in [1.54, 1.807) is 0 Å². The van der Waals surface area contributed by atoms with Crippen molar-refractivity contribution < 1.29 is 14.6 Å². The number of thiophene rings is 1. The first-order valence-corrected chi connectivity index (χ1v) is 11.3. The van der Waals surface area contributed by atoms with Crippen LogP contribution in [0.25, 0.3) is 0 Å². The Morgan fingerprint density at radius 2 is 1.91 bits per heavy atom. The maximum atomic E-state index is 13.4. The summed E-state index contributed by atoms with van der Waals surface area (Å²) >= 11 is 7.29. The molecule has 1 unspecified atom stereocenters. The number of non-ortho nitro benzene ring substituents is 1. The predicted molar refractivity (Wildman–Crippen MR) is 126 cm³/mol. The van der Waals surface area contributed by atoms with Gasteiger partial charge in [0.25, 0.3) is 5.69 Å². The molecule has 1 aliphatic carbocycles. The fraction of sp³-hybridized carbons (Fsp3) is 0.273. The van der Waals surface area contributed by atoms with Crippen molar-refractivity contribution in [2.75, 3.05) is 4.90 Å². The van der Waals surface area contributed by atoms with Crippen LogP contribution in [0.1, 0.15) is 37.5 Å². The summed E-state index contributed by atoms with van der Waals surface area (Å²) in [6.45, 7) is 3.85. The molecule has 2 aromatic rings. The van der Waals surface area contributed by atoms with E-state index in [1.807, 2.05) is 13.8 Å². The molecule has 0 saturated carbocycles. The third-order valence-electron chi connectivity index (χ3n) is 5.84. The number of nitrogens with zero attached hydrogens (tertiary/aromatic N) is 4. The van der Waals surface area contributed by atoms with Gasteiger partial charge < -0.3 is 5.73 Å². The SMILES string of the molecule is CC1(C)CC(=O)C2=C(C1)N(c1ccc([N+](=O)[O-])cc1Cl)C(N)=C(C#N)C2c1ccc([N+](=O)[O-])s1. The molecule has 34 heavy (non-hydrogen) atoms. The molecule has 10 nitrogen and oxygen atoms in total. The molecular formula is C22H18ClN5O5S. The summed E-state index contributed by atoms with van der Waals surface area (Å²) in [7, 11) is 0. The zero-order chi connectivity index (χ0) is 24.9. The highest BCUT2D eigenvalue weighted by Crippen LogP contribution is 2.52. The average molecular weight is 500 g/mol. The zero-order valence-electron chi connectivity index (χ0n) is 18.1. The van der Waals surface area contributed by atoms with Gasteiger partial charge in [-0.05, 0) is 24.0 Å². The number of anilines is 1. The Kier molecular flexibility index (Phi) is 5.67. The summed E-state index contributed by atoms with van der Waals surface area (Å²) < 4.78 is 0. The van der Waals surface area contributed by atoms with Gasteiger partial charge in [-0.1, -0.05) is 36.8 Å². The van der Waals surface area contributed by atoms with Crippen molar-refractivity contribution in [3.05, 3.63) is 83.1 Å². The molecule has 174 valence electrons. The van der Waals surface area contributed by atoms with Crippen LogP contribution in [-0.4, -0.2) is 15.6 Å². The minimum Gasteiger partial charge on any atom is -0.384 e. The monoisotopic (exact) mass is 499 g/mol. The van der Waals surface area contributed by atoms with Gasteiger partial charge >= 0.3 is 5.00 Å². The number of Topliss-reactive ketones (excluding diaryl/α,β-unsaturated/α-hetero) is 1. The second kappa shape index (κ2) is 8.23. The number of rotatable bonds is 4. The number of nitro groups is 2. The smallest absolute Gasteiger partial charge is 0.324 e. The normalized spacial score (nSPS) is 19.6. The number of allylic oxidation sites excluding steroid dienone is 3. The molecule has 1 atom stereocenters. The molecule has 1 aromatic carbocycles. The lowest BCUT2D eigenvalue weighted by molar-refractivity contribution is -0.384. The minimum absolute atomic E-state index is 0.0172. The highest BCUT2D eigenvalue weighted by atomic mass is 35.5. The minimum atomic E-state index is -0.852. The number of carbonyl (C=O) groups excluding carboxylic acids is 1. The van der Waals surface area contributed by atoms with Crippen LogP contribution in [0.15, 0.2) is 53.0 Å². The lowest BCUT2D eigenvalue weighted by Crippen LogP contribution is -2.42. The first-order valence-electron chi connectivity index (χ1n) is 10.1. The maximum Gasteiger partial charge on any atom is 0.324 e. The number of hydrogen-bond donors (Lipinski definition) is 1. The van der Waals surface area contributed by atoms with E-state index in [9.17, 15) is 30.3 Å². The van der Waals surface area contributed by atoms with E-state index < -0.39 is 21.2 Å². The Bertz CT molecular complexity index is 1370. The van der Waals surface area contributed by atoms with Gasteiger partial charge in [0.1, 0.15) is 5.82 Å². The van der Waals surface area contributed by atoms with Gasteiger partial charge in [-0.3, -0.25) is 29.9 Å². The average Bonchev–Trinajstić information content (AvgIpc) is 3.23. The fourth-order valence-electron chi connectivity index (χ4n) is 4.45. The molecule has 1 aliphatic heterocycles. The van der Waals surface area contributed by atoms with Crippen LogP contribution >= 0.6 is 22.9 Å². The number of carbonyl (C=O) groups is 1. The predicted octanol–water partition coefficient (Wildman–Crippen LogP) is 5.16. The molecule has 0 saturated heterocycles. The summed E-state index contributed by atoms with van der Waals surface area (Å²) in [5, 5.41) is 32.4. The molecule has 0 fully saturated rings. The number of nitriles is 1. The zero-order valence-corrected chi connectivity index (χ0v) is 19.6. The van der Waals surface area contributed by atoms with Gasteiger partial charge in [0.05, 0.1) is 38.1 Å². The molecule has 0 bridgehead atoms. The quantitative estimate of drug-likeness (QED) is 0.446. The van der Waals surface area contributed by atoms with E-state index in [0.29, 0.717) is 28.3 Å². The third kappa shape index (κ3) is 3.81. The summed E-state index contributed by atoms with van der Waals surface area (Å²) in [4.78, 5) is 36.7. The molecule has 0 radical (unpaired) electrons. The number of hydrogen-bond acceptors (Lipinski definition) is 9. The van der Waals surface area contributed by atoms with E-state index in [1.165, 1.54) is 35.2 Å². The summed E-state index contributed by atoms with van der Waals surface area (Å²) in [5.74, 6) is -1.03. The van der Waals surface area contributed by atoms with Crippen LogP contribution in [0.5, 0.6) is 0 Å². The van der Waals surface area contributed by atoms with Crippen LogP contribution in [0, 0.1) is 37.0 Å². The fourth-order valence-corrected chi connectivity index (χ4v) is 5.66. The van der Waals surface area contributed by atoms with Crippen LogP contribution < -0.4 is 10.6 Å². The number of ketones is 1. The van der Waals surface area contributed by atoms with Crippen LogP contribution in [-0.2, 0) is 4.79 Å². The van der Waals surface area contributed by atoms with Gasteiger partial charge in [-0.15, -0.1) is 0 Å². The van der Waals surface area contributed by atoms with Gasteiger partial charge in [0.2, 0.25) is 0 Å². The molecule has 0 spiro atoms. The number of benzene rings is 1. The van der Waals surface area contributed by atoms with Gasteiger partial charge in [0.15, 0.2) is 5.78 Å². The van der Waals surface area contributed by atoms with Crippen LogP contribution in [0.4, 0.5) is 16.4 Å². The van der Waals surface area contributed by atoms with E-state index in [0.717, 1.165) is 11.3 Å². The van der Waals surface area contributed by atoms with Crippen molar-refractivity contribution in [1.29, 1.82) is 5.26 Å². The Hall–Kier alpha value is -3.75. The van der Waals surface area contributed by atoms with Crippen molar-refractivity contribution in [1.82, 2.24) is 0 Å². The summed E-state index contributed by atoms with van der Waals surface area (Å²) in [5.41, 5.74) is 7.04. The topological polar surface area (TPSA) is 156 Å². The van der Waals surface area contributed by atoms with Gasteiger partial charge in [-0.25, -0.2) is 0 Å². The van der Waals surface area contributed by atoms with E-state index in [4.69, 9.17) is 17.3 Å². The van der Waals surface area contributed by atoms with Crippen molar-refractivity contribution in [3.63, 3.8) is 0 Å². The van der Waals surface area contributed by atoms with Crippen LogP contribution in [0.3, 0.4) is 0 Å². The standard InChI is InChI=1S/C22H18ClN5O5S/c1-22(2)8-15-20(16(29)9-22)19(17-5-6-18(34-17)28(32)33)12(10-24)21(25)26(15)14-4-3-11(27(30)31)7-13(14)23/h3-7,19H,8-9,25H2,1-2H3. The summed E-state index contributed by atoms with van der Waals surface area (Å²) in [6, 6.07) is 8.82. The molecular weight excluding hydrogens is 482 g/mol. The Morgan fingerprint density at radius 3 is 2.47 bits per heavy atom. The molecule has 2 heterocycles. The lowest BCUT2D eigenvalue weighted by atomic mass is 9.69. The molecule has 1 aromatic heterocycles. The Labute approximate surface area is 202 Å². The summed E-state index contributed by atoms with van der Waals surface area (Å²) in [6.07, 6.45) is 0.626. The van der Waals surface area contributed by atoms with Gasteiger partial charge in [-0.2, -0.15) is 5.26 Å². The lowest BCUT2D eigenvalue weighted by Gasteiger charge is -2.43. The molecule has 0 amide bonds. The Morgan fingerprint density at radius 1 is 1.21 bits per heavy atom. The highest BCUT2D eigenvalue weighted by molar-refractivity contribution is 7.15. The largest absolute Gasteiger partial charge is 0.384 e. The maximum absolute atomic E-state index is 13.4. The second-order valence-corrected chi connectivity index (χ2v) is 10.3. The van der Waals surface area contributed by atoms with Crippen LogP contribution in [0.2, 0.25) is 5.02 Å². The second-order valence-electron chi connectivity index (χ2n) is 8.81.